The van der Waals surface area contributed by atoms with Gasteiger partial charge in [-0.05, 0) is 60.1 Å². The standard InChI is InChI=1S/C26H31F5/c1-2-3-4-6-17-9-11-18(12-10-17)7-5-8-19-13-21(27)25(22(28)14-19)20-15-23(29)26(31)24(30)16-20/h13-18H,2-12H2,1H3. The van der Waals surface area contributed by atoms with Gasteiger partial charge in [-0.3, -0.25) is 0 Å². The van der Waals surface area contributed by atoms with Crippen LogP contribution in [0.4, 0.5) is 22.0 Å². The van der Waals surface area contributed by atoms with Crippen molar-refractivity contribution in [2.45, 2.75) is 77.6 Å². The summed E-state index contributed by atoms with van der Waals surface area (Å²) in [5.41, 5.74) is -0.369. The zero-order chi connectivity index (χ0) is 22.4. The number of halogens is 5. The molecule has 0 aromatic heterocycles. The summed E-state index contributed by atoms with van der Waals surface area (Å²) in [5.74, 6) is -4.85. The fraction of sp³-hybridized carbons (Fsp3) is 0.538. The maximum atomic E-state index is 14.5. The minimum Gasteiger partial charge on any atom is -0.206 e. The molecule has 0 saturated heterocycles. The Bertz CT molecular complexity index is 822. The van der Waals surface area contributed by atoms with E-state index >= 15 is 0 Å². The molecule has 2 aromatic carbocycles. The van der Waals surface area contributed by atoms with E-state index in [0.717, 1.165) is 18.8 Å². The molecule has 3 rings (SSSR count). The van der Waals surface area contributed by atoms with Crippen molar-refractivity contribution in [3.63, 3.8) is 0 Å². The molecule has 0 nitrogen and oxygen atoms in total. The summed E-state index contributed by atoms with van der Waals surface area (Å²) in [7, 11) is 0. The molecule has 1 fully saturated rings. The molecule has 1 saturated carbocycles. The molecule has 0 bridgehead atoms. The fourth-order valence-electron chi connectivity index (χ4n) is 4.83. The third-order valence-corrected chi connectivity index (χ3v) is 6.63. The second-order valence-corrected chi connectivity index (χ2v) is 8.96. The van der Waals surface area contributed by atoms with Crippen molar-refractivity contribution in [2.24, 2.45) is 11.8 Å². The molecule has 1 aliphatic rings. The van der Waals surface area contributed by atoms with Crippen LogP contribution in [0.25, 0.3) is 11.1 Å². The number of hydrogen-bond acceptors (Lipinski definition) is 0. The van der Waals surface area contributed by atoms with E-state index in [1.807, 2.05) is 0 Å². The number of rotatable bonds is 9. The molecule has 5 heteroatoms. The smallest absolute Gasteiger partial charge is 0.194 e. The molecular weight excluding hydrogens is 407 g/mol. The van der Waals surface area contributed by atoms with Crippen LogP contribution in [0.5, 0.6) is 0 Å². The summed E-state index contributed by atoms with van der Waals surface area (Å²) < 4.78 is 69.1. The second kappa shape index (κ2) is 11.1. The Morgan fingerprint density at radius 3 is 1.71 bits per heavy atom. The lowest BCUT2D eigenvalue weighted by molar-refractivity contribution is 0.246. The molecule has 31 heavy (non-hydrogen) atoms. The molecule has 170 valence electrons. The molecule has 0 heterocycles. The van der Waals surface area contributed by atoms with Crippen LogP contribution in [0.15, 0.2) is 24.3 Å². The lowest BCUT2D eigenvalue weighted by Crippen LogP contribution is -2.14. The molecule has 2 aromatic rings. The van der Waals surface area contributed by atoms with Gasteiger partial charge < -0.3 is 0 Å². The van der Waals surface area contributed by atoms with Gasteiger partial charge in [-0.1, -0.05) is 64.7 Å². The highest BCUT2D eigenvalue weighted by Gasteiger charge is 2.21. The largest absolute Gasteiger partial charge is 0.206 e. The third kappa shape index (κ3) is 6.30. The van der Waals surface area contributed by atoms with Gasteiger partial charge in [0.15, 0.2) is 17.5 Å². The fourth-order valence-corrected chi connectivity index (χ4v) is 4.83. The van der Waals surface area contributed by atoms with Crippen LogP contribution in [-0.2, 0) is 6.42 Å². The minimum absolute atomic E-state index is 0.353. The zero-order valence-electron chi connectivity index (χ0n) is 18.1. The van der Waals surface area contributed by atoms with E-state index < -0.39 is 34.6 Å². The van der Waals surface area contributed by atoms with Crippen molar-refractivity contribution in [1.29, 1.82) is 0 Å². The summed E-state index contributed by atoms with van der Waals surface area (Å²) in [6, 6.07) is 3.64. The molecule has 1 aliphatic carbocycles. The highest BCUT2D eigenvalue weighted by Crippen LogP contribution is 2.35. The first-order valence-electron chi connectivity index (χ1n) is 11.5. The SMILES string of the molecule is CCCCCC1CCC(CCCc2cc(F)c(-c3cc(F)c(F)c(F)c3)c(F)c2)CC1. The number of unbranched alkanes of at least 4 members (excludes halogenated alkanes) is 2. The Morgan fingerprint density at radius 2 is 1.19 bits per heavy atom. The topological polar surface area (TPSA) is 0 Å². The van der Waals surface area contributed by atoms with E-state index in [-0.39, 0.29) is 5.56 Å². The van der Waals surface area contributed by atoms with Gasteiger partial charge in [0.2, 0.25) is 0 Å². The number of aryl methyl sites for hydroxylation is 1. The lowest BCUT2D eigenvalue weighted by Gasteiger charge is -2.28. The molecule has 0 atom stereocenters. The molecule has 0 radical (unpaired) electrons. The van der Waals surface area contributed by atoms with E-state index in [4.69, 9.17) is 0 Å². The first-order valence-corrected chi connectivity index (χ1v) is 11.5. The monoisotopic (exact) mass is 438 g/mol. The van der Waals surface area contributed by atoms with E-state index in [9.17, 15) is 22.0 Å². The van der Waals surface area contributed by atoms with Crippen LogP contribution >= 0.6 is 0 Å². The van der Waals surface area contributed by atoms with Crippen LogP contribution in [0.3, 0.4) is 0 Å². The Kier molecular flexibility index (Phi) is 8.50. The molecule has 0 unspecified atom stereocenters. The highest BCUT2D eigenvalue weighted by atomic mass is 19.2. The normalized spacial score (nSPS) is 19.0. The summed E-state index contributed by atoms with van der Waals surface area (Å²) in [6.07, 6.45) is 12.7. The maximum Gasteiger partial charge on any atom is 0.194 e. The Balaban J connectivity index is 1.53. The van der Waals surface area contributed by atoms with Gasteiger partial charge in [-0.25, -0.2) is 22.0 Å². The first-order chi connectivity index (χ1) is 14.9. The van der Waals surface area contributed by atoms with Gasteiger partial charge in [0.1, 0.15) is 11.6 Å². The highest BCUT2D eigenvalue weighted by molar-refractivity contribution is 5.65. The average Bonchev–Trinajstić information content (AvgIpc) is 2.73. The van der Waals surface area contributed by atoms with Crippen molar-refractivity contribution >= 4 is 0 Å². The zero-order valence-corrected chi connectivity index (χ0v) is 18.1. The van der Waals surface area contributed by atoms with Crippen LogP contribution in [0, 0.1) is 40.9 Å². The van der Waals surface area contributed by atoms with Crippen molar-refractivity contribution < 1.29 is 22.0 Å². The summed E-state index contributed by atoms with van der Waals surface area (Å²) in [6.45, 7) is 2.23. The van der Waals surface area contributed by atoms with Crippen LogP contribution in [-0.4, -0.2) is 0 Å². The quantitative estimate of drug-likeness (QED) is 0.208. The second-order valence-electron chi connectivity index (χ2n) is 8.96. The van der Waals surface area contributed by atoms with Gasteiger partial charge in [0.25, 0.3) is 0 Å². The van der Waals surface area contributed by atoms with E-state index in [0.29, 0.717) is 30.0 Å². The van der Waals surface area contributed by atoms with Gasteiger partial charge in [-0.15, -0.1) is 0 Å². The predicted molar refractivity (Wildman–Crippen MR) is 114 cm³/mol. The molecule has 0 amide bonds. The van der Waals surface area contributed by atoms with Crippen LogP contribution in [0.2, 0.25) is 0 Å². The van der Waals surface area contributed by atoms with Crippen molar-refractivity contribution in [2.75, 3.05) is 0 Å². The molecule has 0 aliphatic heterocycles. The van der Waals surface area contributed by atoms with E-state index in [1.54, 1.807) is 0 Å². The minimum atomic E-state index is -1.66. The van der Waals surface area contributed by atoms with Crippen LogP contribution < -0.4 is 0 Å². The van der Waals surface area contributed by atoms with Gasteiger partial charge >= 0.3 is 0 Å². The summed E-state index contributed by atoms with van der Waals surface area (Å²) in [5, 5.41) is 0. The third-order valence-electron chi connectivity index (χ3n) is 6.63. The molecule has 0 spiro atoms. The van der Waals surface area contributed by atoms with Crippen molar-refractivity contribution in [3.8, 4) is 11.1 Å². The van der Waals surface area contributed by atoms with Gasteiger partial charge in [0, 0.05) is 0 Å². The lowest BCUT2D eigenvalue weighted by atomic mass is 9.78. The number of benzene rings is 2. The van der Waals surface area contributed by atoms with Crippen molar-refractivity contribution in [1.82, 2.24) is 0 Å². The predicted octanol–water partition coefficient (Wildman–Crippen LogP) is 8.76. The van der Waals surface area contributed by atoms with Gasteiger partial charge in [0.05, 0.1) is 5.56 Å². The maximum absolute atomic E-state index is 14.5. The Morgan fingerprint density at radius 1 is 0.677 bits per heavy atom. The Hall–Kier alpha value is -1.91. The Labute approximate surface area is 181 Å². The summed E-state index contributed by atoms with van der Waals surface area (Å²) >= 11 is 0. The summed E-state index contributed by atoms with van der Waals surface area (Å²) in [4.78, 5) is 0. The number of hydrogen-bond donors (Lipinski definition) is 0. The molecular formula is C26H31F5. The van der Waals surface area contributed by atoms with Gasteiger partial charge in [-0.2, -0.15) is 0 Å². The van der Waals surface area contributed by atoms with E-state index in [1.165, 1.54) is 63.5 Å². The van der Waals surface area contributed by atoms with Crippen molar-refractivity contribution in [3.05, 3.63) is 58.9 Å². The molecule has 0 N–H and O–H groups in total. The van der Waals surface area contributed by atoms with Crippen LogP contribution in [0.1, 0.15) is 76.7 Å². The average molecular weight is 439 g/mol. The first kappa shape index (κ1) is 23.7. The van der Waals surface area contributed by atoms with E-state index in [2.05, 4.69) is 6.92 Å².